The van der Waals surface area contributed by atoms with Crippen LogP contribution in [0.1, 0.15) is 47.0 Å². The van der Waals surface area contributed by atoms with Gasteiger partial charge in [-0.05, 0) is 47.0 Å². The second kappa shape index (κ2) is 7.47. The molecule has 0 aromatic carbocycles. The molecule has 1 fully saturated rings. The third-order valence-electron chi connectivity index (χ3n) is 2.79. The summed E-state index contributed by atoms with van der Waals surface area (Å²) in [7, 11) is 0. The molecule has 2 atom stereocenters. The van der Waals surface area contributed by atoms with Crippen molar-refractivity contribution in [1.29, 1.82) is 0 Å². The van der Waals surface area contributed by atoms with Crippen LogP contribution in [0.4, 0.5) is 4.79 Å². The minimum Gasteiger partial charge on any atom is -0.464 e. The number of alkyl carbamates (subject to hydrolysis) is 1. The maximum Gasteiger partial charge on any atom is 0.407 e. The Bertz CT molecular complexity index is 337. The van der Waals surface area contributed by atoms with Crippen molar-refractivity contribution < 1.29 is 23.8 Å². The molecule has 0 aromatic heterocycles. The molecule has 1 saturated heterocycles. The van der Waals surface area contributed by atoms with Gasteiger partial charge in [0.1, 0.15) is 5.60 Å². The van der Waals surface area contributed by atoms with Crippen LogP contribution in [0.5, 0.6) is 0 Å². The van der Waals surface area contributed by atoms with Gasteiger partial charge in [-0.25, -0.2) is 9.59 Å². The standard InChI is InChI=1S/C14H25NO5/c1-5-18-12(16)11-10(8-6-7-9-19-11)15-13(17)20-14(2,3)4/h10-11H,5-9H2,1-4H3,(H,15,17)/t10-,11+/m0/s1. The number of nitrogens with one attached hydrogen (secondary N) is 1. The lowest BCUT2D eigenvalue weighted by Gasteiger charge is -2.26. The maximum absolute atomic E-state index is 11.9. The Kier molecular flexibility index (Phi) is 6.26. The van der Waals surface area contributed by atoms with Gasteiger partial charge in [0.05, 0.1) is 12.6 Å². The van der Waals surface area contributed by atoms with Crippen molar-refractivity contribution in [3.05, 3.63) is 0 Å². The van der Waals surface area contributed by atoms with Gasteiger partial charge in [0.15, 0.2) is 6.10 Å². The first-order valence-corrected chi connectivity index (χ1v) is 7.11. The van der Waals surface area contributed by atoms with Crippen molar-refractivity contribution in [2.45, 2.75) is 64.7 Å². The Labute approximate surface area is 120 Å². The van der Waals surface area contributed by atoms with Crippen LogP contribution in [0.2, 0.25) is 0 Å². The fraction of sp³-hybridized carbons (Fsp3) is 0.857. The van der Waals surface area contributed by atoms with Crippen LogP contribution in [-0.2, 0) is 19.0 Å². The van der Waals surface area contributed by atoms with E-state index in [1.165, 1.54) is 0 Å². The van der Waals surface area contributed by atoms with Crippen LogP contribution in [0.25, 0.3) is 0 Å². The highest BCUT2D eigenvalue weighted by Gasteiger charge is 2.34. The van der Waals surface area contributed by atoms with Crippen LogP contribution < -0.4 is 5.32 Å². The predicted molar refractivity (Wildman–Crippen MR) is 73.4 cm³/mol. The van der Waals surface area contributed by atoms with Crippen LogP contribution >= 0.6 is 0 Å². The van der Waals surface area contributed by atoms with E-state index in [2.05, 4.69) is 5.32 Å². The molecule has 1 amide bonds. The molecule has 0 unspecified atom stereocenters. The molecule has 0 spiro atoms. The van der Waals surface area contributed by atoms with E-state index in [1.807, 2.05) is 0 Å². The van der Waals surface area contributed by atoms with E-state index in [1.54, 1.807) is 27.7 Å². The van der Waals surface area contributed by atoms with Crippen molar-refractivity contribution in [3.8, 4) is 0 Å². The number of carbonyl (C=O) groups is 2. The van der Waals surface area contributed by atoms with E-state index in [4.69, 9.17) is 14.2 Å². The molecule has 116 valence electrons. The van der Waals surface area contributed by atoms with Gasteiger partial charge in [0, 0.05) is 6.61 Å². The van der Waals surface area contributed by atoms with Crippen LogP contribution in [0, 0.1) is 0 Å². The average molecular weight is 287 g/mol. The fourth-order valence-corrected chi connectivity index (χ4v) is 2.01. The van der Waals surface area contributed by atoms with Crippen molar-refractivity contribution in [2.75, 3.05) is 13.2 Å². The summed E-state index contributed by atoms with van der Waals surface area (Å²) in [6, 6.07) is -0.411. The Morgan fingerprint density at radius 3 is 2.60 bits per heavy atom. The monoisotopic (exact) mass is 287 g/mol. The zero-order valence-electron chi connectivity index (χ0n) is 12.7. The first-order chi connectivity index (χ1) is 9.33. The number of amides is 1. The van der Waals surface area contributed by atoms with Gasteiger partial charge < -0.3 is 19.5 Å². The van der Waals surface area contributed by atoms with E-state index in [0.29, 0.717) is 13.0 Å². The smallest absolute Gasteiger partial charge is 0.407 e. The Morgan fingerprint density at radius 1 is 1.30 bits per heavy atom. The summed E-state index contributed by atoms with van der Waals surface area (Å²) in [6.45, 7) is 7.90. The molecule has 0 bridgehead atoms. The molecular formula is C14H25NO5. The average Bonchev–Trinajstić information content (AvgIpc) is 2.52. The topological polar surface area (TPSA) is 73.9 Å². The number of rotatable bonds is 3. The van der Waals surface area contributed by atoms with Crippen molar-refractivity contribution in [3.63, 3.8) is 0 Å². The minimum atomic E-state index is -0.759. The van der Waals surface area contributed by atoms with Gasteiger partial charge in [-0.15, -0.1) is 0 Å². The van der Waals surface area contributed by atoms with E-state index >= 15 is 0 Å². The third kappa shape index (κ3) is 5.77. The molecular weight excluding hydrogens is 262 g/mol. The van der Waals surface area contributed by atoms with Crippen LogP contribution in [-0.4, -0.2) is 43.0 Å². The molecule has 6 nitrogen and oxygen atoms in total. The van der Waals surface area contributed by atoms with E-state index in [0.717, 1.165) is 12.8 Å². The number of ether oxygens (including phenoxy) is 3. The molecule has 1 aliphatic rings. The summed E-state index contributed by atoms with van der Waals surface area (Å²) in [5, 5.41) is 2.72. The van der Waals surface area contributed by atoms with Gasteiger partial charge in [-0.1, -0.05) is 0 Å². The lowest BCUT2D eigenvalue weighted by atomic mass is 10.1. The predicted octanol–water partition coefficient (Wildman–Crippen LogP) is 2.01. The molecule has 1 aliphatic heterocycles. The Hall–Kier alpha value is -1.30. The van der Waals surface area contributed by atoms with Gasteiger partial charge in [0.25, 0.3) is 0 Å². The summed E-state index contributed by atoms with van der Waals surface area (Å²) in [4.78, 5) is 23.7. The third-order valence-corrected chi connectivity index (χ3v) is 2.79. The first kappa shape index (κ1) is 16.8. The molecule has 1 N–H and O–H groups in total. The summed E-state index contributed by atoms with van der Waals surface area (Å²) >= 11 is 0. The first-order valence-electron chi connectivity index (χ1n) is 7.11. The molecule has 0 aromatic rings. The van der Waals surface area contributed by atoms with Crippen molar-refractivity contribution in [1.82, 2.24) is 5.32 Å². The lowest BCUT2D eigenvalue weighted by Crippen LogP contribution is -2.49. The molecule has 20 heavy (non-hydrogen) atoms. The highest BCUT2D eigenvalue weighted by Crippen LogP contribution is 2.17. The lowest BCUT2D eigenvalue weighted by molar-refractivity contribution is -0.158. The van der Waals surface area contributed by atoms with Gasteiger partial charge in [-0.2, -0.15) is 0 Å². The minimum absolute atomic E-state index is 0.290. The normalized spacial score (nSPS) is 23.6. The number of carbonyl (C=O) groups excluding carboxylic acids is 2. The maximum atomic E-state index is 11.9. The van der Waals surface area contributed by atoms with E-state index in [9.17, 15) is 9.59 Å². The van der Waals surface area contributed by atoms with Gasteiger partial charge in [0.2, 0.25) is 0 Å². The van der Waals surface area contributed by atoms with Crippen LogP contribution in [0.3, 0.4) is 0 Å². The summed E-state index contributed by atoms with van der Waals surface area (Å²) < 4.78 is 15.7. The quantitative estimate of drug-likeness (QED) is 0.804. The van der Waals surface area contributed by atoms with Gasteiger partial charge in [-0.3, -0.25) is 0 Å². The highest BCUT2D eigenvalue weighted by atomic mass is 16.6. The number of hydrogen-bond acceptors (Lipinski definition) is 5. The molecule has 0 saturated carbocycles. The summed E-state index contributed by atoms with van der Waals surface area (Å²) in [6.07, 6.45) is 1.12. The fourth-order valence-electron chi connectivity index (χ4n) is 2.01. The summed E-state index contributed by atoms with van der Waals surface area (Å²) in [5.41, 5.74) is -0.574. The Morgan fingerprint density at radius 2 is 2.00 bits per heavy atom. The van der Waals surface area contributed by atoms with Crippen molar-refractivity contribution in [2.24, 2.45) is 0 Å². The largest absolute Gasteiger partial charge is 0.464 e. The zero-order valence-corrected chi connectivity index (χ0v) is 12.7. The second-order valence-electron chi connectivity index (χ2n) is 5.79. The van der Waals surface area contributed by atoms with Crippen LogP contribution in [0.15, 0.2) is 0 Å². The molecule has 1 rings (SSSR count). The Balaban J connectivity index is 2.66. The number of esters is 1. The summed E-state index contributed by atoms with van der Waals surface area (Å²) in [5.74, 6) is -0.435. The molecule has 6 heteroatoms. The number of hydrogen-bond donors (Lipinski definition) is 1. The van der Waals surface area contributed by atoms with Gasteiger partial charge >= 0.3 is 12.1 Å². The van der Waals surface area contributed by atoms with E-state index in [-0.39, 0.29) is 6.61 Å². The SMILES string of the molecule is CCOC(=O)[C@@H]1OCCCC[C@@H]1NC(=O)OC(C)(C)C. The molecule has 0 aliphatic carbocycles. The van der Waals surface area contributed by atoms with Crippen molar-refractivity contribution >= 4 is 12.1 Å². The molecule has 0 radical (unpaired) electrons. The second-order valence-corrected chi connectivity index (χ2v) is 5.79. The zero-order chi connectivity index (χ0) is 15.2. The molecule has 1 heterocycles. The highest BCUT2D eigenvalue weighted by molar-refractivity contribution is 5.77. The van der Waals surface area contributed by atoms with E-state index < -0.39 is 29.8 Å².